The van der Waals surface area contributed by atoms with Crippen LogP contribution in [-0.2, 0) is 31.2 Å². The Morgan fingerprint density at radius 3 is 0.696 bits per heavy atom. The van der Waals surface area contributed by atoms with Crippen LogP contribution in [0.15, 0.2) is 35.5 Å². The van der Waals surface area contributed by atoms with Crippen LogP contribution in [-0.4, -0.2) is 38.1 Å². The number of rotatable bonds is 3. The third-order valence-corrected chi connectivity index (χ3v) is 1.24. The van der Waals surface area contributed by atoms with Crippen LogP contribution in [0.4, 0.5) is 0 Å². The molecule has 0 spiro atoms. The van der Waals surface area contributed by atoms with Gasteiger partial charge < -0.3 is 20.8 Å². The van der Waals surface area contributed by atoms with E-state index in [1.54, 1.807) is 0 Å². The molecule has 0 aliphatic heterocycles. The van der Waals surface area contributed by atoms with Crippen molar-refractivity contribution in [3.8, 4) is 0 Å². The van der Waals surface area contributed by atoms with Gasteiger partial charge in [0.15, 0.2) is 17.3 Å². The molecule has 0 aromatic heterocycles. The molecule has 0 amide bonds. The Kier molecular flexibility index (Phi) is 28.7. The molecule has 0 aliphatic carbocycles. The first-order valence-corrected chi connectivity index (χ1v) is 6.02. The van der Waals surface area contributed by atoms with Crippen LogP contribution in [0.3, 0.4) is 0 Å². The number of aliphatic hydroxyl groups is 3. The third kappa shape index (κ3) is 64.6. The molecule has 137 valence electrons. The van der Waals surface area contributed by atoms with Gasteiger partial charge in [-0.15, -0.1) is 0 Å². The molecule has 0 bridgehead atoms. The van der Waals surface area contributed by atoms with E-state index in [4.69, 9.17) is 15.3 Å². The molecule has 0 saturated heterocycles. The molecule has 0 aliphatic rings. The van der Waals surface area contributed by atoms with Gasteiger partial charge >= 0.3 is 0 Å². The largest absolute Gasteiger partial charge is 0.512 e. The molecule has 0 heterocycles. The Hall–Kier alpha value is -1.90. The number of ketones is 3. The second-order valence-electron chi connectivity index (χ2n) is 4.19. The van der Waals surface area contributed by atoms with Crippen molar-refractivity contribution in [2.24, 2.45) is 0 Å². The van der Waals surface area contributed by atoms with E-state index in [-0.39, 0.29) is 56.9 Å². The van der Waals surface area contributed by atoms with E-state index in [0.717, 1.165) is 0 Å². The maximum absolute atomic E-state index is 10.0. The molecule has 0 aromatic rings. The van der Waals surface area contributed by atoms with Crippen molar-refractivity contribution in [2.75, 3.05) is 0 Å². The first-order chi connectivity index (χ1) is 9.38. The van der Waals surface area contributed by atoms with Crippen molar-refractivity contribution in [1.82, 2.24) is 0 Å². The van der Waals surface area contributed by atoms with Crippen LogP contribution in [0.1, 0.15) is 41.5 Å². The zero-order chi connectivity index (χ0) is 17.6. The quantitative estimate of drug-likeness (QED) is 0.508. The second kappa shape index (κ2) is 20.1. The summed E-state index contributed by atoms with van der Waals surface area (Å²) >= 11 is 0. The molecule has 0 rings (SSSR count). The van der Waals surface area contributed by atoms with Crippen LogP contribution in [0.25, 0.3) is 0 Å². The van der Waals surface area contributed by atoms with Gasteiger partial charge in [0.1, 0.15) is 0 Å². The molecular weight excluding hydrogens is 351 g/mol. The fourth-order valence-corrected chi connectivity index (χ4v) is 0.882. The Balaban J connectivity index is -0.0000000675. The predicted octanol–water partition coefficient (Wildman–Crippen LogP) is 2.28. The summed E-state index contributed by atoms with van der Waals surface area (Å²) < 4.78 is 0. The molecular formula is C15H26CoO7. The van der Waals surface area contributed by atoms with Crippen LogP contribution < -0.4 is 0 Å². The maximum atomic E-state index is 10.0. The van der Waals surface area contributed by atoms with Crippen LogP contribution in [0.2, 0.25) is 0 Å². The Bertz CT molecular complexity index is 370. The van der Waals surface area contributed by atoms with Crippen molar-refractivity contribution >= 4 is 17.3 Å². The summed E-state index contributed by atoms with van der Waals surface area (Å²) in [5, 5.41) is 25.1. The summed E-state index contributed by atoms with van der Waals surface area (Å²) in [6.07, 6.45) is 3.50. The van der Waals surface area contributed by atoms with Crippen molar-refractivity contribution in [1.29, 1.82) is 0 Å². The van der Waals surface area contributed by atoms with E-state index in [2.05, 4.69) is 0 Å². The van der Waals surface area contributed by atoms with Gasteiger partial charge in [0.2, 0.25) is 0 Å². The molecule has 0 saturated carbocycles. The maximum Gasteiger partial charge on any atom is 0.155 e. The zero-order valence-corrected chi connectivity index (χ0v) is 15.2. The topological polar surface area (TPSA) is 143 Å². The molecule has 0 unspecified atom stereocenters. The number of aliphatic hydroxyl groups excluding tert-OH is 3. The van der Waals surface area contributed by atoms with Gasteiger partial charge in [-0.1, -0.05) is 0 Å². The van der Waals surface area contributed by atoms with E-state index >= 15 is 0 Å². The molecule has 1 radical (unpaired) electrons. The normalized spacial score (nSPS) is 10.4. The monoisotopic (exact) mass is 377 g/mol. The Morgan fingerprint density at radius 1 is 0.565 bits per heavy atom. The van der Waals surface area contributed by atoms with Gasteiger partial charge in [-0.05, 0) is 41.5 Å². The van der Waals surface area contributed by atoms with Crippen molar-refractivity contribution in [3.05, 3.63) is 35.5 Å². The van der Waals surface area contributed by atoms with Crippen molar-refractivity contribution in [3.63, 3.8) is 0 Å². The molecule has 0 aromatic carbocycles. The number of allylic oxidation sites excluding steroid dienone is 6. The van der Waals surface area contributed by atoms with Gasteiger partial charge in [-0.2, -0.15) is 0 Å². The summed E-state index contributed by atoms with van der Waals surface area (Å²) in [5.74, 6) is -0.187. The average molecular weight is 377 g/mol. The predicted molar refractivity (Wildman–Crippen MR) is 84.8 cm³/mol. The number of hydrogen-bond donors (Lipinski definition) is 3. The van der Waals surface area contributed by atoms with Gasteiger partial charge in [0.25, 0.3) is 0 Å². The minimum atomic E-state index is -0.125. The minimum absolute atomic E-state index is 0. The van der Waals surface area contributed by atoms with E-state index < -0.39 is 0 Å². The van der Waals surface area contributed by atoms with Crippen LogP contribution in [0.5, 0.6) is 0 Å². The van der Waals surface area contributed by atoms with Crippen molar-refractivity contribution in [2.45, 2.75) is 41.5 Å². The average Bonchev–Trinajstić information content (AvgIpc) is 2.10. The molecule has 0 atom stereocenters. The van der Waals surface area contributed by atoms with E-state index in [1.807, 2.05) is 0 Å². The van der Waals surface area contributed by atoms with Crippen LogP contribution >= 0.6 is 0 Å². The van der Waals surface area contributed by atoms with Gasteiger partial charge in [0, 0.05) is 35.0 Å². The molecule has 5 N–H and O–H groups in total. The SMILES string of the molecule is CC(=O)/C=C(/C)O.CC(=O)/C=C(/C)O.CC(=O)/C=C(/C)O.O.[Co]. The number of carbonyl (C=O) groups excluding carboxylic acids is 3. The van der Waals surface area contributed by atoms with E-state index in [1.165, 1.54) is 59.8 Å². The summed E-state index contributed by atoms with van der Waals surface area (Å²) in [6.45, 7) is 8.54. The van der Waals surface area contributed by atoms with Gasteiger partial charge in [0.05, 0.1) is 17.3 Å². The minimum Gasteiger partial charge on any atom is -0.512 e. The molecule has 23 heavy (non-hydrogen) atoms. The Labute approximate surface area is 146 Å². The van der Waals surface area contributed by atoms with E-state index in [0.29, 0.717) is 0 Å². The summed E-state index contributed by atoms with van der Waals surface area (Å²) in [6, 6.07) is 0. The number of hydrogen-bond acceptors (Lipinski definition) is 6. The fraction of sp³-hybridized carbons (Fsp3) is 0.400. The van der Waals surface area contributed by atoms with Crippen molar-refractivity contribution < 1.29 is 52.0 Å². The summed E-state index contributed by atoms with van der Waals surface area (Å²) in [4.78, 5) is 30.1. The summed E-state index contributed by atoms with van der Waals surface area (Å²) in [5.41, 5.74) is 0. The first kappa shape index (κ1) is 32.9. The standard InChI is InChI=1S/3C5H8O2.Co.H2O/c3*1-4(6)3-5(2)7;;/h3*3,6H,1-2H3;;1H2/b3*4-3-;;. The zero-order valence-electron chi connectivity index (χ0n) is 14.1. The molecule has 7 nitrogen and oxygen atoms in total. The smallest absolute Gasteiger partial charge is 0.155 e. The fourth-order valence-electron chi connectivity index (χ4n) is 0.882. The first-order valence-electron chi connectivity index (χ1n) is 6.02. The second-order valence-corrected chi connectivity index (χ2v) is 4.19. The Morgan fingerprint density at radius 2 is 0.696 bits per heavy atom. The third-order valence-electron chi connectivity index (χ3n) is 1.24. The summed E-state index contributed by atoms with van der Waals surface area (Å²) in [7, 11) is 0. The molecule has 8 heteroatoms. The molecule has 0 fully saturated rings. The van der Waals surface area contributed by atoms with Crippen LogP contribution in [0, 0.1) is 0 Å². The number of carbonyl (C=O) groups is 3. The van der Waals surface area contributed by atoms with Gasteiger partial charge in [-0.25, -0.2) is 0 Å². The van der Waals surface area contributed by atoms with E-state index in [9.17, 15) is 14.4 Å². The van der Waals surface area contributed by atoms with Gasteiger partial charge in [-0.3, -0.25) is 14.4 Å².